The molecule has 0 saturated heterocycles. The van der Waals surface area contributed by atoms with Crippen LogP contribution in [0.25, 0.3) is 0 Å². The number of hydrogen-bond donors (Lipinski definition) is 4. The standard InChI is InChI=1S/C19H20N2O3.C18H20N2O5/c1-13-4-8-17(9-5-13)24-12-19(3,23)18(22)21-16-7-6-15(11-20)14(2)10-16;1-12-4-7-15(8-5-12)25-11-18(3,22)17(21)19-14-6-9-16(20(23)24)13(2)10-14/h4-10,23H,12H2,1-3H3,(H,21,22);4-10,22H,11H2,1-3H3,(H,19,21)/t19-;18-/m00/s1. The number of nitro groups is 1. The van der Waals surface area contributed by atoms with E-state index in [1.807, 2.05) is 38.1 Å². The van der Waals surface area contributed by atoms with E-state index < -0.39 is 27.9 Å². The number of aryl methyl sites for hydroxylation is 4. The number of carbonyl (C=O) groups is 2. The van der Waals surface area contributed by atoms with Gasteiger partial charge in [-0.1, -0.05) is 35.4 Å². The fourth-order valence-corrected chi connectivity index (χ4v) is 4.18. The molecule has 0 heterocycles. The Hall–Kier alpha value is -5.77. The van der Waals surface area contributed by atoms with Crippen LogP contribution >= 0.6 is 0 Å². The van der Waals surface area contributed by atoms with E-state index in [0.717, 1.165) is 16.7 Å². The normalized spacial score (nSPS) is 12.9. The summed E-state index contributed by atoms with van der Waals surface area (Å²) in [6.45, 7) is 9.61. The molecule has 0 fully saturated rings. The molecule has 49 heavy (non-hydrogen) atoms. The van der Waals surface area contributed by atoms with Gasteiger partial charge in [0.05, 0.1) is 16.6 Å². The molecular weight excluding hydrogens is 628 g/mol. The van der Waals surface area contributed by atoms with Crippen molar-refractivity contribution in [3.05, 3.63) is 123 Å². The van der Waals surface area contributed by atoms with Crippen molar-refractivity contribution < 1.29 is 34.2 Å². The maximum Gasteiger partial charge on any atom is 0.272 e. The third-order valence-corrected chi connectivity index (χ3v) is 7.32. The largest absolute Gasteiger partial charge is 0.490 e. The van der Waals surface area contributed by atoms with E-state index in [9.17, 15) is 29.9 Å². The third-order valence-electron chi connectivity index (χ3n) is 7.32. The highest BCUT2D eigenvalue weighted by Gasteiger charge is 2.32. The lowest BCUT2D eigenvalue weighted by Crippen LogP contribution is -2.45. The van der Waals surface area contributed by atoms with Crippen molar-refractivity contribution in [2.45, 2.75) is 52.7 Å². The molecule has 0 saturated carbocycles. The van der Waals surface area contributed by atoms with Crippen molar-refractivity contribution in [3.8, 4) is 17.6 Å². The molecular formula is C37H40N4O8. The quantitative estimate of drug-likeness (QED) is 0.111. The van der Waals surface area contributed by atoms with Crippen LogP contribution in [0.1, 0.15) is 41.7 Å². The lowest BCUT2D eigenvalue weighted by molar-refractivity contribution is -0.385. The summed E-state index contributed by atoms with van der Waals surface area (Å²) in [4.78, 5) is 34.9. The topological polar surface area (TPSA) is 184 Å². The van der Waals surface area contributed by atoms with Crippen LogP contribution in [0.15, 0.2) is 84.9 Å². The highest BCUT2D eigenvalue weighted by Crippen LogP contribution is 2.23. The van der Waals surface area contributed by atoms with Gasteiger partial charge in [-0.2, -0.15) is 5.26 Å². The summed E-state index contributed by atoms with van der Waals surface area (Å²) in [6, 6.07) is 25.8. The summed E-state index contributed by atoms with van der Waals surface area (Å²) in [5.74, 6) is -0.0978. The minimum Gasteiger partial charge on any atom is -0.490 e. The first-order valence-corrected chi connectivity index (χ1v) is 15.2. The molecule has 0 unspecified atom stereocenters. The molecule has 2 atom stereocenters. The minimum atomic E-state index is -1.76. The fourth-order valence-electron chi connectivity index (χ4n) is 4.18. The Bertz CT molecular complexity index is 1830. The molecule has 4 aromatic rings. The first kappa shape index (κ1) is 37.7. The lowest BCUT2D eigenvalue weighted by atomic mass is 10.1. The van der Waals surface area contributed by atoms with Crippen LogP contribution in [0, 0.1) is 49.1 Å². The molecule has 4 rings (SSSR count). The van der Waals surface area contributed by atoms with Crippen LogP contribution in [0.4, 0.5) is 17.1 Å². The van der Waals surface area contributed by atoms with Gasteiger partial charge in [0, 0.05) is 23.0 Å². The van der Waals surface area contributed by atoms with Crippen LogP contribution in [0.3, 0.4) is 0 Å². The van der Waals surface area contributed by atoms with Crippen LogP contribution in [-0.2, 0) is 9.59 Å². The zero-order valence-electron chi connectivity index (χ0n) is 28.2. The van der Waals surface area contributed by atoms with Crippen LogP contribution < -0.4 is 20.1 Å². The predicted molar refractivity (Wildman–Crippen MR) is 186 cm³/mol. The first-order chi connectivity index (χ1) is 23.0. The second kappa shape index (κ2) is 16.4. The van der Waals surface area contributed by atoms with E-state index in [-0.39, 0.29) is 18.9 Å². The first-order valence-electron chi connectivity index (χ1n) is 15.2. The van der Waals surface area contributed by atoms with Gasteiger partial charge in [0.15, 0.2) is 11.2 Å². The van der Waals surface area contributed by atoms with Crippen molar-refractivity contribution in [2.24, 2.45) is 0 Å². The maximum absolute atomic E-state index is 12.3. The van der Waals surface area contributed by atoms with Gasteiger partial charge in [-0.3, -0.25) is 19.7 Å². The van der Waals surface area contributed by atoms with E-state index in [1.54, 1.807) is 56.3 Å². The molecule has 0 bridgehead atoms. The summed E-state index contributed by atoms with van der Waals surface area (Å²) in [5, 5.41) is 45.6. The predicted octanol–water partition coefficient (Wildman–Crippen LogP) is 5.92. The Morgan fingerprint density at radius 1 is 0.735 bits per heavy atom. The van der Waals surface area contributed by atoms with Crippen molar-refractivity contribution in [1.82, 2.24) is 0 Å². The average molecular weight is 669 g/mol. The Balaban J connectivity index is 0.000000266. The third kappa shape index (κ3) is 11.2. The number of hydrogen-bond acceptors (Lipinski definition) is 9. The van der Waals surface area contributed by atoms with Gasteiger partial charge in [-0.05, 0) is 102 Å². The van der Waals surface area contributed by atoms with E-state index in [0.29, 0.717) is 34.0 Å². The second-order valence-corrected chi connectivity index (χ2v) is 12.1. The second-order valence-electron chi connectivity index (χ2n) is 12.1. The highest BCUT2D eigenvalue weighted by atomic mass is 16.6. The number of nitro benzene ring substituents is 1. The number of ether oxygens (including phenoxy) is 2. The summed E-state index contributed by atoms with van der Waals surface area (Å²) >= 11 is 0. The van der Waals surface area contributed by atoms with Crippen molar-refractivity contribution in [3.63, 3.8) is 0 Å². The van der Waals surface area contributed by atoms with Gasteiger partial charge in [0.2, 0.25) is 0 Å². The molecule has 4 N–H and O–H groups in total. The fraction of sp³-hybridized carbons (Fsp3) is 0.270. The van der Waals surface area contributed by atoms with E-state index >= 15 is 0 Å². The number of anilines is 2. The molecule has 256 valence electrons. The van der Waals surface area contributed by atoms with Crippen LogP contribution in [0.5, 0.6) is 11.5 Å². The van der Waals surface area contributed by atoms with Crippen LogP contribution in [-0.4, -0.2) is 51.4 Å². The number of nitrogens with zero attached hydrogens (tertiary/aromatic N) is 2. The zero-order valence-corrected chi connectivity index (χ0v) is 28.2. The Kier molecular flexibility index (Phi) is 12.6. The van der Waals surface area contributed by atoms with Gasteiger partial charge in [0.25, 0.3) is 17.5 Å². The van der Waals surface area contributed by atoms with Gasteiger partial charge >= 0.3 is 0 Å². The van der Waals surface area contributed by atoms with Gasteiger partial charge < -0.3 is 30.3 Å². The summed E-state index contributed by atoms with van der Waals surface area (Å²) < 4.78 is 10.9. The summed E-state index contributed by atoms with van der Waals surface area (Å²) in [6.07, 6.45) is 0. The van der Waals surface area contributed by atoms with E-state index in [4.69, 9.17) is 14.7 Å². The van der Waals surface area contributed by atoms with Gasteiger partial charge in [0.1, 0.15) is 24.7 Å². The number of amides is 2. The number of aliphatic hydroxyl groups is 2. The smallest absolute Gasteiger partial charge is 0.272 e. The number of nitrogens with one attached hydrogen (secondary N) is 2. The van der Waals surface area contributed by atoms with Gasteiger partial charge in [-0.15, -0.1) is 0 Å². The van der Waals surface area contributed by atoms with E-state index in [2.05, 4.69) is 16.7 Å². The van der Waals surface area contributed by atoms with Gasteiger partial charge in [-0.25, -0.2) is 0 Å². The van der Waals surface area contributed by atoms with Crippen molar-refractivity contribution in [2.75, 3.05) is 23.8 Å². The van der Waals surface area contributed by atoms with Crippen LogP contribution in [0.2, 0.25) is 0 Å². The highest BCUT2D eigenvalue weighted by molar-refractivity contribution is 5.97. The number of rotatable bonds is 11. The molecule has 0 aromatic heterocycles. The summed E-state index contributed by atoms with van der Waals surface area (Å²) in [5.41, 5.74) is 1.29. The number of carbonyl (C=O) groups excluding carboxylic acids is 2. The molecule has 0 aliphatic rings. The zero-order chi connectivity index (χ0) is 36.4. The molecule has 0 aliphatic heterocycles. The Morgan fingerprint density at radius 2 is 1.14 bits per heavy atom. The summed E-state index contributed by atoms with van der Waals surface area (Å²) in [7, 11) is 0. The molecule has 0 radical (unpaired) electrons. The van der Waals surface area contributed by atoms with E-state index in [1.165, 1.54) is 32.0 Å². The monoisotopic (exact) mass is 668 g/mol. The Morgan fingerprint density at radius 3 is 1.51 bits per heavy atom. The molecule has 0 aliphatic carbocycles. The lowest BCUT2D eigenvalue weighted by Gasteiger charge is -2.22. The molecule has 12 nitrogen and oxygen atoms in total. The minimum absolute atomic E-state index is 0.0348. The molecule has 0 spiro atoms. The molecule has 4 aromatic carbocycles. The van der Waals surface area contributed by atoms with Crippen molar-refractivity contribution >= 4 is 28.9 Å². The van der Waals surface area contributed by atoms with Crippen molar-refractivity contribution in [1.29, 1.82) is 5.26 Å². The SMILES string of the molecule is Cc1ccc(OC[C@](C)(O)C(=O)Nc2ccc(C#N)c(C)c2)cc1.Cc1ccc(OC[C@](C)(O)C(=O)Nc2ccc([N+](=O)[O-])c(C)c2)cc1. The Labute approximate surface area is 285 Å². The maximum atomic E-state index is 12.3. The molecule has 12 heteroatoms. The number of nitriles is 1. The number of benzene rings is 4. The average Bonchev–Trinajstić information content (AvgIpc) is 3.04. The molecule has 2 amide bonds.